The number of primary amides is 1. The van der Waals surface area contributed by atoms with Gasteiger partial charge in [0.2, 0.25) is 5.91 Å². The van der Waals surface area contributed by atoms with Crippen LogP contribution >= 0.6 is 11.3 Å². The van der Waals surface area contributed by atoms with Crippen LogP contribution in [-0.4, -0.2) is 46.0 Å². The number of carbonyl (C=O) groups is 2. The summed E-state index contributed by atoms with van der Waals surface area (Å²) in [6.45, 7) is 0. The number of aliphatic hydroxyl groups excluding tert-OH is 1. The van der Waals surface area contributed by atoms with Crippen LogP contribution in [0.5, 0.6) is 0 Å². The number of carbonyl (C=O) groups excluding carboxylic acids is 1. The number of nitrogens with zero attached hydrogens (tertiary/aromatic N) is 2. The number of hydrogen-bond donors (Lipinski definition) is 5. The van der Waals surface area contributed by atoms with Crippen LogP contribution in [0.15, 0.2) is 36.4 Å². The van der Waals surface area contributed by atoms with Crippen LogP contribution in [0.2, 0.25) is 0 Å². The van der Waals surface area contributed by atoms with E-state index in [0.717, 1.165) is 23.5 Å². The quantitative estimate of drug-likeness (QED) is 0.336. The van der Waals surface area contributed by atoms with Gasteiger partial charge in [0, 0.05) is 13.5 Å². The number of aromatic nitrogens is 1. The second kappa shape index (κ2) is 8.33. The average Bonchev–Trinajstić information content (AvgIpc) is 3.23. The number of aromatic carboxylic acids is 1. The summed E-state index contributed by atoms with van der Waals surface area (Å²) in [5.41, 5.74) is 5.84. The van der Waals surface area contributed by atoms with Crippen molar-refractivity contribution in [1.82, 2.24) is 4.98 Å². The lowest BCUT2D eigenvalue weighted by Gasteiger charge is -2.39. The minimum absolute atomic E-state index is 0.0350. The summed E-state index contributed by atoms with van der Waals surface area (Å²) in [7, 11) is 1.68. The molecule has 9 nitrogen and oxygen atoms in total. The molecule has 2 heterocycles. The molecule has 6 N–H and O–H groups in total. The van der Waals surface area contributed by atoms with Gasteiger partial charge in [0.1, 0.15) is 0 Å². The van der Waals surface area contributed by atoms with Crippen molar-refractivity contribution < 1.29 is 33.0 Å². The topological polar surface area (TPSA) is 141 Å². The Kier molecular flexibility index (Phi) is 5.77. The van der Waals surface area contributed by atoms with Gasteiger partial charge in [-0.05, 0) is 36.4 Å². The average molecular weight is 495 g/mol. The molecule has 1 aliphatic heterocycles. The van der Waals surface area contributed by atoms with E-state index in [4.69, 9.17) is 5.73 Å². The first-order chi connectivity index (χ1) is 15.9. The molecule has 1 aliphatic rings. The van der Waals surface area contributed by atoms with E-state index < -0.39 is 35.5 Å². The molecule has 0 spiro atoms. The van der Waals surface area contributed by atoms with Crippen molar-refractivity contribution in [3.05, 3.63) is 47.5 Å². The van der Waals surface area contributed by atoms with E-state index in [1.54, 1.807) is 18.0 Å². The second-order valence-corrected chi connectivity index (χ2v) is 8.96. The molecule has 0 bridgehead atoms. The SMILES string of the molecule is CN1c2ccc(C(=O)O)cc2NC1(CC(O)CC(N)=O)Nc1nc2ccc(C(F)(F)F)cc2s1. The first-order valence-electron chi connectivity index (χ1n) is 10.00. The van der Waals surface area contributed by atoms with Crippen molar-refractivity contribution in [2.24, 2.45) is 5.73 Å². The van der Waals surface area contributed by atoms with E-state index in [9.17, 15) is 33.0 Å². The molecular weight excluding hydrogens is 475 g/mol. The van der Waals surface area contributed by atoms with Gasteiger partial charge >= 0.3 is 12.1 Å². The van der Waals surface area contributed by atoms with Crippen LogP contribution in [0.4, 0.5) is 29.7 Å². The fraction of sp³-hybridized carbons (Fsp3) is 0.286. The second-order valence-electron chi connectivity index (χ2n) is 7.93. The van der Waals surface area contributed by atoms with Gasteiger partial charge in [0.25, 0.3) is 0 Å². The van der Waals surface area contributed by atoms with Crippen LogP contribution < -0.4 is 21.3 Å². The van der Waals surface area contributed by atoms with Crippen molar-refractivity contribution in [3.63, 3.8) is 0 Å². The van der Waals surface area contributed by atoms with E-state index in [-0.39, 0.29) is 23.5 Å². The van der Waals surface area contributed by atoms with E-state index in [0.29, 0.717) is 21.6 Å². The molecular formula is C21H20F3N5O4S. The van der Waals surface area contributed by atoms with Crippen molar-refractivity contribution in [2.75, 3.05) is 22.6 Å². The van der Waals surface area contributed by atoms with Crippen LogP contribution in [0.3, 0.4) is 0 Å². The van der Waals surface area contributed by atoms with Gasteiger partial charge in [-0.3, -0.25) is 4.79 Å². The van der Waals surface area contributed by atoms with E-state index in [1.165, 1.54) is 18.2 Å². The Morgan fingerprint density at radius 2 is 2.03 bits per heavy atom. The van der Waals surface area contributed by atoms with Gasteiger partial charge in [0.05, 0.1) is 45.2 Å². The van der Waals surface area contributed by atoms with Crippen LogP contribution in [0.1, 0.15) is 28.8 Å². The molecule has 2 unspecified atom stereocenters. The fourth-order valence-electron chi connectivity index (χ4n) is 3.90. The largest absolute Gasteiger partial charge is 0.478 e. The number of rotatable bonds is 7. The Morgan fingerprint density at radius 3 is 2.68 bits per heavy atom. The number of benzene rings is 2. The van der Waals surface area contributed by atoms with Crippen molar-refractivity contribution in [3.8, 4) is 0 Å². The number of amides is 1. The number of anilines is 3. The molecule has 0 radical (unpaired) electrons. The summed E-state index contributed by atoms with van der Waals surface area (Å²) in [6.07, 6.45) is -6.10. The number of fused-ring (bicyclic) bond motifs is 2. The number of nitrogens with one attached hydrogen (secondary N) is 2. The maximum absolute atomic E-state index is 13.1. The Labute approximate surface area is 195 Å². The summed E-state index contributed by atoms with van der Waals surface area (Å²) in [5.74, 6) is -3.12. The fourth-order valence-corrected chi connectivity index (χ4v) is 4.88. The minimum atomic E-state index is -4.50. The van der Waals surface area contributed by atoms with Crippen LogP contribution in [-0.2, 0) is 11.0 Å². The highest BCUT2D eigenvalue weighted by Crippen LogP contribution is 2.43. The Bertz CT molecular complexity index is 1280. The van der Waals surface area contributed by atoms with E-state index >= 15 is 0 Å². The maximum atomic E-state index is 13.1. The lowest BCUT2D eigenvalue weighted by atomic mass is 10.1. The molecule has 2 atom stereocenters. The van der Waals surface area contributed by atoms with Crippen molar-refractivity contribution in [1.29, 1.82) is 0 Å². The Morgan fingerprint density at radius 1 is 1.29 bits per heavy atom. The van der Waals surface area contributed by atoms with Gasteiger partial charge in [-0.1, -0.05) is 11.3 Å². The third kappa shape index (κ3) is 4.43. The standard InChI is InChI=1S/C21H20F3N5O4S/c1-29-15-5-2-10(18(32)33)6-14(15)27-20(29,9-12(30)8-17(25)31)28-19-26-13-4-3-11(21(22,23)24)7-16(13)34-19/h2-7,12,27,30H,8-9H2,1H3,(H2,25,31)(H,26,28)(H,32,33). The summed E-state index contributed by atoms with van der Waals surface area (Å²) >= 11 is 0.986. The molecule has 4 rings (SSSR count). The number of nitrogens with two attached hydrogens (primary N) is 1. The number of carboxylic acid groups (broad SMARTS) is 1. The van der Waals surface area contributed by atoms with Crippen LogP contribution in [0.25, 0.3) is 10.2 Å². The Hall–Kier alpha value is -3.58. The number of halogens is 3. The molecule has 0 saturated heterocycles. The zero-order valence-electron chi connectivity index (χ0n) is 17.7. The maximum Gasteiger partial charge on any atom is 0.416 e. The van der Waals surface area contributed by atoms with E-state index in [2.05, 4.69) is 15.6 Å². The third-order valence-electron chi connectivity index (χ3n) is 5.52. The highest BCUT2D eigenvalue weighted by atomic mass is 32.1. The normalized spacial score (nSPS) is 18.4. The number of thiazole rings is 1. The highest BCUT2D eigenvalue weighted by molar-refractivity contribution is 7.22. The summed E-state index contributed by atoms with van der Waals surface area (Å²) in [6, 6.07) is 7.66. The van der Waals surface area contributed by atoms with Crippen LogP contribution in [0, 0.1) is 0 Å². The zero-order chi connectivity index (χ0) is 24.8. The summed E-state index contributed by atoms with van der Waals surface area (Å²) in [5, 5.41) is 26.3. The Balaban J connectivity index is 1.72. The van der Waals surface area contributed by atoms with Gasteiger partial charge < -0.3 is 31.5 Å². The molecule has 1 aromatic heterocycles. The van der Waals surface area contributed by atoms with Gasteiger partial charge in [-0.2, -0.15) is 13.2 Å². The molecule has 0 saturated carbocycles. The molecule has 13 heteroatoms. The van der Waals surface area contributed by atoms with E-state index in [1.807, 2.05) is 0 Å². The predicted octanol–water partition coefficient (Wildman–Crippen LogP) is 3.27. The number of aliphatic hydroxyl groups is 1. The predicted molar refractivity (Wildman–Crippen MR) is 121 cm³/mol. The number of hydrogen-bond acceptors (Lipinski definition) is 8. The number of alkyl halides is 3. The smallest absolute Gasteiger partial charge is 0.416 e. The first-order valence-corrected chi connectivity index (χ1v) is 10.8. The molecule has 0 fully saturated rings. The monoisotopic (exact) mass is 495 g/mol. The third-order valence-corrected chi connectivity index (χ3v) is 6.45. The molecule has 3 aromatic rings. The highest BCUT2D eigenvalue weighted by Gasteiger charge is 2.44. The summed E-state index contributed by atoms with van der Waals surface area (Å²) in [4.78, 5) is 28.8. The van der Waals surface area contributed by atoms with Crippen molar-refractivity contribution in [2.45, 2.75) is 30.9 Å². The van der Waals surface area contributed by atoms with Gasteiger partial charge in [0.15, 0.2) is 10.9 Å². The molecule has 0 aliphatic carbocycles. The number of carboxylic acids is 1. The zero-order valence-corrected chi connectivity index (χ0v) is 18.5. The lowest BCUT2D eigenvalue weighted by Crippen LogP contribution is -2.57. The molecule has 180 valence electrons. The van der Waals surface area contributed by atoms with Gasteiger partial charge in [-0.15, -0.1) is 0 Å². The summed E-state index contributed by atoms with van der Waals surface area (Å²) < 4.78 is 39.6. The van der Waals surface area contributed by atoms with Gasteiger partial charge in [-0.25, -0.2) is 9.78 Å². The lowest BCUT2D eigenvalue weighted by molar-refractivity contribution is -0.137. The molecule has 34 heavy (non-hydrogen) atoms. The first kappa shape index (κ1) is 23.6. The molecule has 1 amide bonds. The van der Waals surface area contributed by atoms with Crippen molar-refractivity contribution >= 4 is 49.9 Å². The minimum Gasteiger partial charge on any atom is -0.478 e. The molecule has 2 aromatic carbocycles.